The molecule has 20 heavy (non-hydrogen) atoms. The summed E-state index contributed by atoms with van der Waals surface area (Å²) in [6.07, 6.45) is 1.99. The summed E-state index contributed by atoms with van der Waals surface area (Å²) in [7, 11) is 0. The molecule has 102 valence electrons. The zero-order valence-electron chi connectivity index (χ0n) is 11.8. The summed E-state index contributed by atoms with van der Waals surface area (Å²) in [6.45, 7) is 4.03. The molecule has 0 heterocycles. The Morgan fingerprint density at radius 2 is 1.90 bits per heavy atom. The SMILES string of the molecule is Cc1ccc(C)c(CC(=O)N/N=C\c2ccccc2)c1. The predicted molar refractivity (Wildman–Crippen MR) is 81.8 cm³/mol. The fraction of sp³-hybridized carbons (Fsp3) is 0.176. The molecule has 1 N–H and O–H groups in total. The van der Waals surface area contributed by atoms with Gasteiger partial charge >= 0.3 is 0 Å². The zero-order valence-corrected chi connectivity index (χ0v) is 11.8. The Bertz CT molecular complexity index is 618. The second-order valence-electron chi connectivity index (χ2n) is 4.81. The van der Waals surface area contributed by atoms with Crippen LogP contribution in [0, 0.1) is 13.8 Å². The summed E-state index contributed by atoms with van der Waals surface area (Å²) in [5.74, 6) is -0.106. The van der Waals surface area contributed by atoms with Crippen LogP contribution in [0.15, 0.2) is 53.6 Å². The van der Waals surface area contributed by atoms with E-state index in [2.05, 4.69) is 10.5 Å². The molecule has 0 aliphatic carbocycles. The molecule has 0 aromatic heterocycles. The van der Waals surface area contributed by atoms with Crippen molar-refractivity contribution in [2.45, 2.75) is 20.3 Å². The van der Waals surface area contributed by atoms with Crippen LogP contribution in [0.1, 0.15) is 22.3 Å². The molecule has 0 spiro atoms. The zero-order chi connectivity index (χ0) is 14.4. The quantitative estimate of drug-likeness (QED) is 0.671. The maximum absolute atomic E-state index is 11.8. The first-order chi connectivity index (χ1) is 9.65. The largest absolute Gasteiger partial charge is 0.273 e. The highest BCUT2D eigenvalue weighted by Crippen LogP contribution is 2.11. The van der Waals surface area contributed by atoms with Gasteiger partial charge in [-0.3, -0.25) is 4.79 Å². The summed E-state index contributed by atoms with van der Waals surface area (Å²) in [6, 6.07) is 15.8. The number of hydrogen-bond acceptors (Lipinski definition) is 2. The van der Waals surface area contributed by atoms with Gasteiger partial charge < -0.3 is 0 Å². The van der Waals surface area contributed by atoms with Crippen molar-refractivity contribution in [3.8, 4) is 0 Å². The minimum absolute atomic E-state index is 0.106. The van der Waals surface area contributed by atoms with Crippen molar-refractivity contribution < 1.29 is 4.79 Å². The Morgan fingerprint density at radius 1 is 1.15 bits per heavy atom. The van der Waals surface area contributed by atoms with Crippen LogP contribution in [0.3, 0.4) is 0 Å². The molecule has 0 radical (unpaired) electrons. The van der Waals surface area contributed by atoms with Crippen molar-refractivity contribution in [2.75, 3.05) is 0 Å². The molecule has 0 bridgehead atoms. The number of hydrogen-bond donors (Lipinski definition) is 1. The third kappa shape index (κ3) is 4.05. The second kappa shape index (κ2) is 6.66. The van der Waals surface area contributed by atoms with Crippen molar-refractivity contribution in [3.63, 3.8) is 0 Å². The predicted octanol–water partition coefficient (Wildman–Crippen LogP) is 3.00. The molecule has 3 heteroatoms. The van der Waals surface area contributed by atoms with Crippen molar-refractivity contribution in [1.82, 2.24) is 5.43 Å². The number of aryl methyl sites for hydroxylation is 2. The number of carbonyl (C=O) groups excluding carboxylic acids is 1. The van der Waals surface area contributed by atoms with Gasteiger partial charge in [0.15, 0.2) is 0 Å². The van der Waals surface area contributed by atoms with Crippen LogP contribution >= 0.6 is 0 Å². The minimum atomic E-state index is -0.106. The lowest BCUT2D eigenvalue weighted by Crippen LogP contribution is -2.20. The van der Waals surface area contributed by atoms with E-state index in [1.807, 2.05) is 62.4 Å². The van der Waals surface area contributed by atoms with Gasteiger partial charge in [-0.2, -0.15) is 5.10 Å². The lowest BCUT2D eigenvalue weighted by Gasteiger charge is -2.05. The molecule has 3 nitrogen and oxygen atoms in total. The lowest BCUT2D eigenvalue weighted by molar-refractivity contribution is -0.120. The van der Waals surface area contributed by atoms with Gasteiger partial charge in [0.25, 0.3) is 0 Å². The van der Waals surface area contributed by atoms with Crippen LogP contribution in [-0.2, 0) is 11.2 Å². The molecule has 0 saturated heterocycles. The maximum atomic E-state index is 11.8. The van der Waals surface area contributed by atoms with E-state index in [4.69, 9.17) is 0 Å². The maximum Gasteiger partial charge on any atom is 0.244 e. The molecule has 0 aliphatic heterocycles. The van der Waals surface area contributed by atoms with E-state index in [-0.39, 0.29) is 5.91 Å². The Hall–Kier alpha value is -2.42. The van der Waals surface area contributed by atoms with Gasteiger partial charge in [0, 0.05) is 0 Å². The van der Waals surface area contributed by atoms with Gasteiger partial charge in [0.05, 0.1) is 12.6 Å². The summed E-state index contributed by atoms with van der Waals surface area (Å²) in [4.78, 5) is 11.8. The topological polar surface area (TPSA) is 41.5 Å². The highest BCUT2D eigenvalue weighted by atomic mass is 16.2. The van der Waals surface area contributed by atoms with Crippen molar-refractivity contribution in [1.29, 1.82) is 0 Å². The van der Waals surface area contributed by atoms with Gasteiger partial charge in [-0.25, -0.2) is 5.43 Å². The molecular weight excluding hydrogens is 248 g/mol. The van der Waals surface area contributed by atoms with Crippen molar-refractivity contribution in [3.05, 3.63) is 70.8 Å². The van der Waals surface area contributed by atoms with E-state index in [9.17, 15) is 4.79 Å². The molecule has 0 aliphatic rings. The number of rotatable bonds is 4. The average Bonchev–Trinajstić information content (AvgIpc) is 2.44. The molecule has 2 aromatic carbocycles. The van der Waals surface area contributed by atoms with E-state index in [1.165, 1.54) is 0 Å². The lowest BCUT2D eigenvalue weighted by atomic mass is 10.0. The first-order valence-corrected chi connectivity index (χ1v) is 6.58. The monoisotopic (exact) mass is 266 g/mol. The standard InChI is InChI=1S/C17H18N2O/c1-13-8-9-14(2)16(10-13)11-17(20)19-18-12-15-6-4-3-5-7-15/h3-10,12H,11H2,1-2H3,(H,19,20)/b18-12-. The van der Waals surface area contributed by atoms with E-state index in [0.29, 0.717) is 6.42 Å². The van der Waals surface area contributed by atoms with Crippen LogP contribution in [0.25, 0.3) is 0 Å². The second-order valence-corrected chi connectivity index (χ2v) is 4.81. The fourth-order valence-corrected chi connectivity index (χ4v) is 1.92. The van der Waals surface area contributed by atoms with Gasteiger partial charge in [-0.15, -0.1) is 0 Å². The molecule has 2 aromatic rings. The number of nitrogens with zero attached hydrogens (tertiary/aromatic N) is 1. The van der Waals surface area contributed by atoms with Gasteiger partial charge in [-0.05, 0) is 30.5 Å². The number of nitrogens with one attached hydrogen (secondary N) is 1. The smallest absolute Gasteiger partial charge is 0.244 e. The number of amides is 1. The average molecular weight is 266 g/mol. The summed E-state index contributed by atoms with van der Waals surface area (Å²) < 4.78 is 0. The minimum Gasteiger partial charge on any atom is -0.273 e. The Balaban J connectivity index is 1.93. The molecule has 0 fully saturated rings. The van der Waals surface area contributed by atoms with Gasteiger partial charge in [0.2, 0.25) is 5.91 Å². The van der Waals surface area contributed by atoms with E-state index < -0.39 is 0 Å². The van der Waals surface area contributed by atoms with Crippen LogP contribution < -0.4 is 5.43 Å². The van der Waals surface area contributed by atoms with Gasteiger partial charge in [0.1, 0.15) is 0 Å². The first kappa shape index (κ1) is 14.0. The summed E-state index contributed by atoms with van der Waals surface area (Å²) in [5.41, 5.74) is 6.84. The van der Waals surface area contributed by atoms with E-state index in [1.54, 1.807) is 6.21 Å². The van der Waals surface area contributed by atoms with E-state index >= 15 is 0 Å². The van der Waals surface area contributed by atoms with Crippen molar-refractivity contribution >= 4 is 12.1 Å². The highest BCUT2D eigenvalue weighted by molar-refractivity contribution is 5.83. The Morgan fingerprint density at radius 3 is 2.65 bits per heavy atom. The summed E-state index contributed by atoms with van der Waals surface area (Å²) in [5, 5.41) is 3.97. The normalized spacial score (nSPS) is 10.7. The Kier molecular flexibility index (Phi) is 4.66. The van der Waals surface area contributed by atoms with Crippen LogP contribution in [-0.4, -0.2) is 12.1 Å². The van der Waals surface area contributed by atoms with Crippen LogP contribution in [0.2, 0.25) is 0 Å². The summed E-state index contributed by atoms with van der Waals surface area (Å²) >= 11 is 0. The third-order valence-corrected chi connectivity index (χ3v) is 3.06. The van der Waals surface area contributed by atoms with Crippen molar-refractivity contribution in [2.24, 2.45) is 5.10 Å². The van der Waals surface area contributed by atoms with E-state index in [0.717, 1.165) is 22.3 Å². The third-order valence-electron chi connectivity index (χ3n) is 3.06. The molecule has 2 rings (SSSR count). The van der Waals surface area contributed by atoms with Crippen LogP contribution in [0.4, 0.5) is 0 Å². The molecule has 1 amide bonds. The number of hydrazone groups is 1. The van der Waals surface area contributed by atoms with Gasteiger partial charge in [-0.1, -0.05) is 54.1 Å². The fourth-order valence-electron chi connectivity index (χ4n) is 1.92. The molecule has 0 unspecified atom stereocenters. The van der Waals surface area contributed by atoms with Crippen LogP contribution in [0.5, 0.6) is 0 Å². The first-order valence-electron chi connectivity index (χ1n) is 6.58. The number of carbonyl (C=O) groups is 1. The molecule has 0 atom stereocenters. The highest BCUT2D eigenvalue weighted by Gasteiger charge is 2.05. The molecular formula is C17H18N2O. The Labute approximate surface area is 119 Å². The number of benzene rings is 2. The molecule has 0 saturated carbocycles.